The number of hydrogen-bond acceptors (Lipinski definition) is 4. The van der Waals surface area contributed by atoms with E-state index in [0.29, 0.717) is 16.7 Å². The number of aromatic nitrogens is 3. The summed E-state index contributed by atoms with van der Waals surface area (Å²) in [5, 5.41) is 0.532. The Kier molecular flexibility index (Phi) is 2.01. The summed E-state index contributed by atoms with van der Waals surface area (Å²) in [6.45, 7) is 1.76. The van der Waals surface area contributed by atoms with E-state index >= 15 is 0 Å². The fourth-order valence-electron chi connectivity index (χ4n) is 1.22. The van der Waals surface area contributed by atoms with Gasteiger partial charge in [0.1, 0.15) is 5.82 Å². The molecule has 0 saturated carbocycles. The van der Waals surface area contributed by atoms with Crippen LogP contribution in [-0.4, -0.2) is 15.0 Å². The van der Waals surface area contributed by atoms with E-state index in [-0.39, 0.29) is 11.6 Å². The van der Waals surface area contributed by atoms with Gasteiger partial charge in [-0.15, -0.1) is 0 Å². The van der Waals surface area contributed by atoms with Gasteiger partial charge in [0.15, 0.2) is 0 Å². The SMILES string of the molecule is C[C@H](N)c1nc2cnccc2c(=O)[nH]1. The summed E-state index contributed by atoms with van der Waals surface area (Å²) in [4.78, 5) is 22.2. The van der Waals surface area contributed by atoms with Gasteiger partial charge in [-0.25, -0.2) is 4.98 Å². The molecule has 0 aromatic carbocycles. The Bertz CT molecular complexity index is 517. The molecule has 5 nitrogen and oxygen atoms in total. The highest BCUT2D eigenvalue weighted by Crippen LogP contribution is 2.06. The van der Waals surface area contributed by atoms with Crippen molar-refractivity contribution in [2.75, 3.05) is 0 Å². The lowest BCUT2D eigenvalue weighted by atomic mass is 10.3. The number of fused-ring (bicyclic) bond motifs is 1. The third-order valence-electron chi connectivity index (χ3n) is 1.96. The first kappa shape index (κ1) is 8.83. The summed E-state index contributed by atoms with van der Waals surface area (Å²) in [5.74, 6) is 0.482. The minimum Gasteiger partial charge on any atom is -0.322 e. The molecule has 0 aliphatic carbocycles. The number of rotatable bonds is 1. The van der Waals surface area contributed by atoms with Crippen LogP contribution in [0, 0.1) is 0 Å². The van der Waals surface area contributed by atoms with Gasteiger partial charge < -0.3 is 10.7 Å². The van der Waals surface area contributed by atoms with E-state index in [1.165, 1.54) is 0 Å². The highest BCUT2D eigenvalue weighted by atomic mass is 16.1. The normalized spacial score (nSPS) is 13.0. The van der Waals surface area contributed by atoms with Crippen LogP contribution >= 0.6 is 0 Å². The van der Waals surface area contributed by atoms with E-state index < -0.39 is 0 Å². The van der Waals surface area contributed by atoms with Gasteiger partial charge in [0.05, 0.1) is 23.1 Å². The first-order valence-electron chi connectivity index (χ1n) is 4.28. The van der Waals surface area contributed by atoms with Crippen LogP contribution in [0.3, 0.4) is 0 Å². The van der Waals surface area contributed by atoms with Crippen LogP contribution in [0.5, 0.6) is 0 Å². The molecule has 0 spiro atoms. The van der Waals surface area contributed by atoms with Crippen molar-refractivity contribution in [3.8, 4) is 0 Å². The van der Waals surface area contributed by atoms with Gasteiger partial charge in [-0.05, 0) is 13.0 Å². The molecule has 1 atom stereocenters. The number of H-pyrrole nitrogens is 1. The second-order valence-corrected chi connectivity index (χ2v) is 3.13. The fourth-order valence-corrected chi connectivity index (χ4v) is 1.22. The molecule has 2 rings (SSSR count). The smallest absolute Gasteiger partial charge is 0.258 e. The Morgan fingerprint density at radius 2 is 2.36 bits per heavy atom. The monoisotopic (exact) mass is 190 g/mol. The number of hydrogen-bond donors (Lipinski definition) is 2. The summed E-state index contributed by atoms with van der Waals surface area (Å²) in [5.41, 5.74) is 6.02. The van der Waals surface area contributed by atoms with Crippen LogP contribution in [-0.2, 0) is 0 Å². The molecule has 3 N–H and O–H groups in total. The van der Waals surface area contributed by atoms with Gasteiger partial charge in [-0.1, -0.05) is 0 Å². The molecule has 0 unspecified atom stereocenters. The van der Waals surface area contributed by atoms with E-state index in [4.69, 9.17) is 5.73 Å². The van der Waals surface area contributed by atoms with Crippen molar-refractivity contribution in [2.45, 2.75) is 13.0 Å². The molecule has 0 bridgehead atoms. The molecule has 0 aliphatic heterocycles. The van der Waals surface area contributed by atoms with Crippen molar-refractivity contribution in [3.63, 3.8) is 0 Å². The largest absolute Gasteiger partial charge is 0.322 e. The van der Waals surface area contributed by atoms with Crippen molar-refractivity contribution in [1.82, 2.24) is 15.0 Å². The molecule has 72 valence electrons. The van der Waals surface area contributed by atoms with Gasteiger partial charge in [0, 0.05) is 6.20 Å². The highest BCUT2D eigenvalue weighted by molar-refractivity contribution is 5.75. The quantitative estimate of drug-likeness (QED) is 0.679. The third kappa shape index (κ3) is 1.38. The van der Waals surface area contributed by atoms with Crippen molar-refractivity contribution in [1.29, 1.82) is 0 Å². The van der Waals surface area contributed by atoms with E-state index in [1.807, 2.05) is 0 Å². The molecule has 2 heterocycles. The van der Waals surface area contributed by atoms with Crippen LogP contribution < -0.4 is 11.3 Å². The summed E-state index contributed by atoms with van der Waals surface area (Å²) in [6.07, 6.45) is 3.11. The number of nitrogens with two attached hydrogens (primary N) is 1. The molecule has 2 aromatic heterocycles. The second kappa shape index (κ2) is 3.19. The lowest BCUT2D eigenvalue weighted by Gasteiger charge is -2.04. The average molecular weight is 190 g/mol. The Morgan fingerprint density at radius 3 is 3.07 bits per heavy atom. The average Bonchev–Trinajstić information content (AvgIpc) is 2.17. The van der Waals surface area contributed by atoms with Crippen LogP contribution in [0.1, 0.15) is 18.8 Å². The topological polar surface area (TPSA) is 84.7 Å². The minimum absolute atomic E-state index is 0.176. The van der Waals surface area contributed by atoms with Crippen LogP contribution in [0.4, 0.5) is 0 Å². The Morgan fingerprint density at radius 1 is 1.57 bits per heavy atom. The number of nitrogens with zero attached hydrogens (tertiary/aromatic N) is 2. The van der Waals surface area contributed by atoms with Crippen molar-refractivity contribution in [2.24, 2.45) is 5.73 Å². The van der Waals surface area contributed by atoms with Gasteiger partial charge in [0.2, 0.25) is 0 Å². The Balaban J connectivity index is 2.79. The van der Waals surface area contributed by atoms with E-state index in [2.05, 4.69) is 15.0 Å². The minimum atomic E-state index is -0.285. The van der Waals surface area contributed by atoms with Gasteiger partial charge >= 0.3 is 0 Å². The van der Waals surface area contributed by atoms with Gasteiger partial charge in [-0.2, -0.15) is 0 Å². The summed E-state index contributed by atoms with van der Waals surface area (Å²) in [6, 6.07) is 1.35. The standard InChI is InChI=1S/C9H10N4O/c1-5(10)8-12-7-4-11-3-2-6(7)9(14)13-8/h2-5H,10H2,1H3,(H,12,13,14)/t5-/m0/s1. The molecule has 0 aliphatic rings. The molecule has 14 heavy (non-hydrogen) atoms. The zero-order valence-corrected chi connectivity index (χ0v) is 7.69. The van der Waals surface area contributed by atoms with Gasteiger partial charge in [0.25, 0.3) is 5.56 Å². The lowest BCUT2D eigenvalue weighted by molar-refractivity contribution is 0.741. The van der Waals surface area contributed by atoms with Gasteiger partial charge in [-0.3, -0.25) is 9.78 Å². The summed E-state index contributed by atoms with van der Waals surface area (Å²) in [7, 11) is 0. The molecule has 0 amide bonds. The van der Waals surface area contributed by atoms with Crippen LogP contribution in [0.25, 0.3) is 10.9 Å². The molecular weight excluding hydrogens is 180 g/mol. The number of aromatic amines is 1. The maximum Gasteiger partial charge on any atom is 0.258 e. The number of pyridine rings is 1. The van der Waals surface area contributed by atoms with E-state index in [1.54, 1.807) is 25.4 Å². The molecule has 5 heteroatoms. The van der Waals surface area contributed by atoms with Crippen molar-refractivity contribution in [3.05, 3.63) is 34.6 Å². The first-order chi connectivity index (χ1) is 6.68. The number of nitrogens with one attached hydrogen (secondary N) is 1. The molecular formula is C9H10N4O. The predicted octanol–water partition coefficient (Wildman–Crippen LogP) is 0.338. The summed E-state index contributed by atoms with van der Waals surface area (Å²) >= 11 is 0. The van der Waals surface area contributed by atoms with Crippen LogP contribution in [0.15, 0.2) is 23.3 Å². The summed E-state index contributed by atoms with van der Waals surface area (Å²) < 4.78 is 0. The predicted molar refractivity (Wildman–Crippen MR) is 52.8 cm³/mol. The molecule has 2 aromatic rings. The molecule has 0 saturated heterocycles. The van der Waals surface area contributed by atoms with Crippen molar-refractivity contribution >= 4 is 10.9 Å². The molecule has 0 radical (unpaired) electrons. The Hall–Kier alpha value is -1.75. The third-order valence-corrected chi connectivity index (χ3v) is 1.96. The van der Waals surface area contributed by atoms with E-state index in [9.17, 15) is 4.79 Å². The van der Waals surface area contributed by atoms with E-state index in [0.717, 1.165) is 0 Å². The maximum atomic E-state index is 11.5. The Labute approximate surface area is 80.0 Å². The molecule has 0 fully saturated rings. The second-order valence-electron chi connectivity index (χ2n) is 3.13. The van der Waals surface area contributed by atoms with Crippen molar-refractivity contribution < 1.29 is 0 Å². The first-order valence-corrected chi connectivity index (χ1v) is 4.28. The van der Waals surface area contributed by atoms with Crippen LogP contribution in [0.2, 0.25) is 0 Å². The zero-order chi connectivity index (χ0) is 10.1. The zero-order valence-electron chi connectivity index (χ0n) is 7.69. The maximum absolute atomic E-state index is 11.5. The fraction of sp³-hybridized carbons (Fsp3) is 0.222. The highest BCUT2D eigenvalue weighted by Gasteiger charge is 2.05. The lowest BCUT2D eigenvalue weighted by Crippen LogP contribution is -2.17.